The molecule has 0 aromatic heterocycles. The average Bonchev–Trinajstić information content (AvgIpc) is 2.83. The van der Waals surface area contributed by atoms with E-state index in [1.54, 1.807) is 54.2 Å². The van der Waals surface area contributed by atoms with Gasteiger partial charge in [0, 0.05) is 16.5 Å². The second kappa shape index (κ2) is 9.72. The number of carbonyl (C=O) groups is 1. The van der Waals surface area contributed by atoms with E-state index in [1.165, 1.54) is 0 Å². The van der Waals surface area contributed by atoms with Crippen LogP contribution in [0.2, 0.25) is 0 Å². The largest absolute Gasteiger partial charge is 0.494 e. The summed E-state index contributed by atoms with van der Waals surface area (Å²) in [5.41, 5.74) is 8.50. The first-order chi connectivity index (χ1) is 16.0. The molecule has 1 atom stereocenters. The number of allylic oxidation sites excluding steroid dienone is 1. The summed E-state index contributed by atoms with van der Waals surface area (Å²) in [5.74, 6) is 0.499. The summed E-state index contributed by atoms with van der Waals surface area (Å²) in [6.07, 6.45) is 2.01. The number of thioether (sulfide) groups is 1. The number of fused-ring (bicyclic) bond motifs is 1. The molecule has 166 valence electrons. The number of carbonyl (C=O) groups excluding carboxylic acids is 1. The maximum Gasteiger partial charge on any atom is 0.343 e. The van der Waals surface area contributed by atoms with Gasteiger partial charge in [-0.25, -0.2) is 4.79 Å². The van der Waals surface area contributed by atoms with Crippen LogP contribution in [0.4, 0.5) is 0 Å². The molecule has 0 saturated carbocycles. The number of hydrogen-bond acceptors (Lipinski definition) is 7. The Hall–Kier alpha value is -3.89. The lowest BCUT2D eigenvalue weighted by atomic mass is 9.83. The van der Waals surface area contributed by atoms with E-state index < -0.39 is 5.97 Å². The number of rotatable bonds is 6. The summed E-state index contributed by atoms with van der Waals surface area (Å²) in [7, 11) is 0. The van der Waals surface area contributed by atoms with Gasteiger partial charge in [0.25, 0.3) is 0 Å². The number of benzene rings is 3. The van der Waals surface area contributed by atoms with Gasteiger partial charge in [-0.2, -0.15) is 5.26 Å². The molecule has 0 saturated heterocycles. The summed E-state index contributed by atoms with van der Waals surface area (Å²) in [5, 5.41) is 9.73. The van der Waals surface area contributed by atoms with E-state index >= 15 is 0 Å². The number of nitrogens with zero attached hydrogens (tertiary/aromatic N) is 1. The van der Waals surface area contributed by atoms with Crippen molar-refractivity contribution in [3.8, 4) is 23.3 Å². The van der Waals surface area contributed by atoms with E-state index in [-0.39, 0.29) is 11.8 Å². The van der Waals surface area contributed by atoms with E-state index in [9.17, 15) is 10.1 Å². The lowest BCUT2D eigenvalue weighted by molar-refractivity contribution is 0.0734. The molecule has 4 rings (SSSR count). The van der Waals surface area contributed by atoms with E-state index in [0.717, 1.165) is 16.0 Å². The molecule has 0 amide bonds. The molecule has 33 heavy (non-hydrogen) atoms. The molecule has 3 aromatic carbocycles. The van der Waals surface area contributed by atoms with Crippen LogP contribution in [0.3, 0.4) is 0 Å². The molecule has 1 aliphatic rings. The van der Waals surface area contributed by atoms with Crippen LogP contribution in [0.15, 0.2) is 83.1 Å². The number of nitriles is 1. The van der Waals surface area contributed by atoms with Crippen molar-refractivity contribution in [2.75, 3.05) is 12.9 Å². The molecule has 0 spiro atoms. The zero-order chi connectivity index (χ0) is 23.4. The van der Waals surface area contributed by atoms with E-state index in [4.69, 9.17) is 19.9 Å². The third-order valence-corrected chi connectivity index (χ3v) is 5.97. The van der Waals surface area contributed by atoms with E-state index in [0.29, 0.717) is 35.0 Å². The minimum absolute atomic E-state index is 0.0387. The van der Waals surface area contributed by atoms with Gasteiger partial charge in [0.2, 0.25) is 5.88 Å². The van der Waals surface area contributed by atoms with E-state index in [2.05, 4.69) is 6.07 Å². The van der Waals surface area contributed by atoms with Gasteiger partial charge in [-0.15, -0.1) is 11.8 Å². The van der Waals surface area contributed by atoms with Crippen LogP contribution in [-0.4, -0.2) is 18.8 Å². The molecular weight excluding hydrogens is 436 g/mol. The highest BCUT2D eigenvalue weighted by Gasteiger charge is 2.31. The summed E-state index contributed by atoms with van der Waals surface area (Å²) < 4.78 is 16.7. The van der Waals surface area contributed by atoms with Crippen molar-refractivity contribution >= 4 is 17.7 Å². The van der Waals surface area contributed by atoms with Gasteiger partial charge in [0.1, 0.15) is 28.9 Å². The Morgan fingerprint density at radius 2 is 1.91 bits per heavy atom. The first kappa shape index (κ1) is 22.3. The molecule has 1 aliphatic heterocycles. The van der Waals surface area contributed by atoms with Gasteiger partial charge in [-0.05, 0) is 55.1 Å². The second-order valence-corrected chi connectivity index (χ2v) is 8.13. The number of hydrogen-bond donors (Lipinski definition) is 1. The predicted octanol–water partition coefficient (Wildman–Crippen LogP) is 5.24. The Kier molecular flexibility index (Phi) is 6.57. The quantitative estimate of drug-likeness (QED) is 0.306. The Morgan fingerprint density at radius 3 is 2.61 bits per heavy atom. The number of esters is 1. The van der Waals surface area contributed by atoms with Gasteiger partial charge in [-0.1, -0.05) is 24.3 Å². The Balaban J connectivity index is 1.64. The van der Waals surface area contributed by atoms with Gasteiger partial charge in [-0.3, -0.25) is 0 Å². The molecule has 0 bridgehead atoms. The van der Waals surface area contributed by atoms with Gasteiger partial charge >= 0.3 is 5.97 Å². The highest BCUT2D eigenvalue weighted by atomic mass is 32.2. The molecule has 7 heteroatoms. The summed E-state index contributed by atoms with van der Waals surface area (Å²) in [6, 6.07) is 22.1. The Morgan fingerprint density at radius 1 is 1.12 bits per heavy atom. The van der Waals surface area contributed by atoms with Crippen molar-refractivity contribution < 1.29 is 19.0 Å². The first-order valence-electron chi connectivity index (χ1n) is 10.3. The van der Waals surface area contributed by atoms with Crippen molar-refractivity contribution in [2.45, 2.75) is 17.7 Å². The molecule has 2 N–H and O–H groups in total. The predicted molar refractivity (Wildman–Crippen MR) is 127 cm³/mol. The molecule has 0 aliphatic carbocycles. The highest BCUT2D eigenvalue weighted by Crippen LogP contribution is 2.43. The minimum atomic E-state index is -0.516. The van der Waals surface area contributed by atoms with Crippen LogP contribution in [0, 0.1) is 11.3 Å². The van der Waals surface area contributed by atoms with Crippen LogP contribution in [0.5, 0.6) is 17.2 Å². The van der Waals surface area contributed by atoms with Crippen molar-refractivity contribution in [1.82, 2.24) is 0 Å². The van der Waals surface area contributed by atoms with Crippen LogP contribution in [0.1, 0.15) is 34.3 Å². The van der Waals surface area contributed by atoms with Crippen LogP contribution < -0.4 is 19.9 Å². The van der Waals surface area contributed by atoms with Crippen molar-refractivity contribution in [1.29, 1.82) is 5.26 Å². The zero-order valence-corrected chi connectivity index (χ0v) is 19.0. The Bertz CT molecular complexity index is 1260. The van der Waals surface area contributed by atoms with Crippen molar-refractivity contribution in [3.63, 3.8) is 0 Å². The minimum Gasteiger partial charge on any atom is -0.494 e. The lowest BCUT2D eigenvalue weighted by Gasteiger charge is -2.26. The van der Waals surface area contributed by atoms with Crippen LogP contribution in [0.25, 0.3) is 0 Å². The van der Waals surface area contributed by atoms with Crippen LogP contribution >= 0.6 is 11.8 Å². The number of nitrogens with two attached hydrogens (primary N) is 1. The topological polar surface area (TPSA) is 94.6 Å². The lowest BCUT2D eigenvalue weighted by Crippen LogP contribution is -2.21. The third-order valence-electron chi connectivity index (χ3n) is 5.23. The molecule has 1 heterocycles. The fourth-order valence-corrected chi connectivity index (χ4v) is 4.09. The highest BCUT2D eigenvalue weighted by molar-refractivity contribution is 7.98. The van der Waals surface area contributed by atoms with Gasteiger partial charge in [0.05, 0.1) is 18.1 Å². The monoisotopic (exact) mass is 458 g/mol. The molecular formula is C26H22N2O4S. The third kappa shape index (κ3) is 4.66. The number of ether oxygens (including phenoxy) is 3. The normalized spacial score (nSPS) is 14.6. The van der Waals surface area contributed by atoms with Crippen LogP contribution in [-0.2, 0) is 0 Å². The molecule has 0 radical (unpaired) electrons. The summed E-state index contributed by atoms with van der Waals surface area (Å²) >= 11 is 1.64. The molecule has 6 nitrogen and oxygen atoms in total. The SMILES string of the molecule is CCOc1cccc(C(=O)Oc2ccc3c(c2)OC(N)=C(C#N)C3c2ccc(SC)cc2)c1. The van der Waals surface area contributed by atoms with E-state index in [1.807, 2.05) is 37.4 Å². The molecule has 0 fully saturated rings. The maximum absolute atomic E-state index is 12.6. The second-order valence-electron chi connectivity index (χ2n) is 7.25. The summed E-state index contributed by atoms with van der Waals surface area (Å²) in [6.45, 7) is 2.38. The smallest absolute Gasteiger partial charge is 0.343 e. The zero-order valence-electron chi connectivity index (χ0n) is 18.2. The summed E-state index contributed by atoms with van der Waals surface area (Å²) in [4.78, 5) is 13.8. The fourth-order valence-electron chi connectivity index (χ4n) is 3.68. The first-order valence-corrected chi connectivity index (χ1v) is 11.6. The molecule has 1 unspecified atom stereocenters. The average molecular weight is 459 g/mol. The molecule has 3 aromatic rings. The van der Waals surface area contributed by atoms with Gasteiger partial charge in [0.15, 0.2) is 0 Å². The fraction of sp³-hybridized carbons (Fsp3) is 0.154. The van der Waals surface area contributed by atoms with Crippen molar-refractivity contribution in [3.05, 3.63) is 94.9 Å². The standard InChI is InChI=1S/C26H22N2O4S/c1-3-30-18-6-4-5-17(13-18)26(29)31-19-9-12-21-23(14-19)32-25(28)22(15-27)24(21)16-7-10-20(33-2)11-8-16/h4-14,24H,3,28H2,1-2H3. The van der Waals surface area contributed by atoms with Gasteiger partial charge < -0.3 is 19.9 Å². The Labute approximate surface area is 196 Å². The van der Waals surface area contributed by atoms with Crippen molar-refractivity contribution in [2.24, 2.45) is 5.73 Å². The maximum atomic E-state index is 12.6.